The summed E-state index contributed by atoms with van der Waals surface area (Å²) < 4.78 is 0. The number of hydrogen-bond acceptors (Lipinski definition) is 3. The molecular weight excluding hydrogens is 166 g/mol. The summed E-state index contributed by atoms with van der Waals surface area (Å²) in [5.41, 5.74) is 0.848. The van der Waals surface area contributed by atoms with Crippen molar-refractivity contribution >= 4 is 12.0 Å². The molecule has 0 saturated heterocycles. The van der Waals surface area contributed by atoms with Crippen molar-refractivity contribution in [2.45, 2.75) is 13.0 Å². The number of hydroxylamine groups is 1. The van der Waals surface area contributed by atoms with Gasteiger partial charge in [0, 0.05) is 0 Å². The molecular formula is C10H12NO2. The Morgan fingerprint density at radius 3 is 2.46 bits per heavy atom. The highest BCUT2D eigenvalue weighted by atomic mass is 16.7. The Morgan fingerprint density at radius 1 is 1.38 bits per heavy atom. The summed E-state index contributed by atoms with van der Waals surface area (Å²) in [5, 5.41) is 1.51. The van der Waals surface area contributed by atoms with Crippen molar-refractivity contribution in [1.29, 1.82) is 0 Å². The monoisotopic (exact) mass is 178 g/mol. The van der Waals surface area contributed by atoms with Gasteiger partial charge in [-0.1, -0.05) is 18.2 Å². The van der Waals surface area contributed by atoms with Crippen LogP contribution >= 0.6 is 0 Å². The molecule has 0 N–H and O–H groups in total. The van der Waals surface area contributed by atoms with Gasteiger partial charge in [0.25, 0.3) is 0 Å². The van der Waals surface area contributed by atoms with Crippen LogP contribution in [-0.2, 0) is 9.63 Å². The Kier molecular flexibility index (Phi) is 3.46. The molecule has 0 aliphatic carbocycles. The summed E-state index contributed by atoms with van der Waals surface area (Å²) in [7, 11) is 1.53. The van der Waals surface area contributed by atoms with Crippen LogP contribution in [0.5, 0.6) is 0 Å². The first-order valence-corrected chi connectivity index (χ1v) is 4.05. The zero-order chi connectivity index (χ0) is 9.68. The second-order valence-corrected chi connectivity index (χ2v) is 2.64. The summed E-state index contributed by atoms with van der Waals surface area (Å²) in [4.78, 5) is 15.5. The van der Waals surface area contributed by atoms with E-state index in [2.05, 4.69) is 0 Å². The fourth-order valence-corrected chi connectivity index (χ4v) is 1.11. The lowest BCUT2D eigenvalue weighted by molar-refractivity contribution is 0.158. The van der Waals surface area contributed by atoms with E-state index in [9.17, 15) is 4.79 Å². The van der Waals surface area contributed by atoms with Crippen molar-refractivity contribution in [3.05, 3.63) is 30.3 Å². The third kappa shape index (κ3) is 2.29. The molecule has 1 aromatic rings. The number of para-hydroxylation sites is 1. The largest absolute Gasteiger partial charge is 0.288 e. The minimum absolute atomic E-state index is 0.396. The SMILES string of the molecule is CON(c1ccccc1)[C@@H](C)[C]=O. The van der Waals surface area contributed by atoms with Crippen LogP contribution in [0.3, 0.4) is 0 Å². The highest BCUT2D eigenvalue weighted by Gasteiger charge is 2.13. The standard InChI is InChI=1S/C10H12NO2/c1-9(8-12)11(13-2)10-6-4-3-5-7-10/h3-7,9H,1-2H3/t9-/m0/s1. The summed E-state index contributed by atoms with van der Waals surface area (Å²) in [6.07, 6.45) is 1.87. The molecule has 0 unspecified atom stereocenters. The molecule has 1 aromatic carbocycles. The lowest BCUT2D eigenvalue weighted by atomic mass is 10.3. The Hall–Kier alpha value is -1.35. The van der Waals surface area contributed by atoms with Gasteiger partial charge in [-0.25, -0.2) is 5.06 Å². The van der Waals surface area contributed by atoms with Gasteiger partial charge >= 0.3 is 0 Å². The highest BCUT2D eigenvalue weighted by molar-refractivity contribution is 5.64. The molecule has 13 heavy (non-hydrogen) atoms. The van der Waals surface area contributed by atoms with Gasteiger partial charge in [0.2, 0.25) is 6.29 Å². The van der Waals surface area contributed by atoms with Crippen molar-refractivity contribution in [1.82, 2.24) is 0 Å². The predicted molar refractivity (Wildman–Crippen MR) is 51.1 cm³/mol. The molecule has 3 nitrogen and oxygen atoms in total. The molecule has 0 aromatic heterocycles. The smallest absolute Gasteiger partial charge is 0.225 e. The molecule has 0 heterocycles. The van der Waals surface area contributed by atoms with Crippen LogP contribution in [0.1, 0.15) is 6.92 Å². The fourth-order valence-electron chi connectivity index (χ4n) is 1.11. The van der Waals surface area contributed by atoms with E-state index in [0.29, 0.717) is 0 Å². The molecule has 69 valence electrons. The number of nitrogens with zero attached hydrogens (tertiary/aromatic N) is 1. The van der Waals surface area contributed by atoms with Crippen LogP contribution in [-0.4, -0.2) is 19.4 Å². The quantitative estimate of drug-likeness (QED) is 0.655. The summed E-state index contributed by atoms with van der Waals surface area (Å²) >= 11 is 0. The third-order valence-corrected chi connectivity index (χ3v) is 1.73. The zero-order valence-corrected chi connectivity index (χ0v) is 7.73. The number of benzene rings is 1. The lowest BCUT2D eigenvalue weighted by Crippen LogP contribution is -2.32. The third-order valence-electron chi connectivity index (χ3n) is 1.73. The molecule has 3 heteroatoms. The molecule has 0 amide bonds. The van der Waals surface area contributed by atoms with Crippen molar-refractivity contribution in [3.63, 3.8) is 0 Å². The molecule has 0 spiro atoms. The van der Waals surface area contributed by atoms with Gasteiger partial charge in [0.05, 0.1) is 12.8 Å². The molecule has 1 atom stereocenters. The fraction of sp³-hybridized carbons (Fsp3) is 0.300. The summed E-state index contributed by atoms with van der Waals surface area (Å²) in [6.45, 7) is 1.73. The van der Waals surface area contributed by atoms with Gasteiger partial charge in [-0.3, -0.25) is 9.63 Å². The Morgan fingerprint density at radius 2 is 2.00 bits per heavy atom. The van der Waals surface area contributed by atoms with Gasteiger partial charge in [-0.15, -0.1) is 0 Å². The lowest BCUT2D eigenvalue weighted by Gasteiger charge is -2.23. The molecule has 0 fully saturated rings. The first kappa shape index (κ1) is 9.74. The highest BCUT2D eigenvalue weighted by Crippen LogP contribution is 2.14. The van der Waals surface area contributed by atoms with Gasteiger partial charge in [-0.05, 0) is 19.1 Å². The maximum Gasteiger partial charge on any atom is 0.225 e. The van der Waals surface area contributed by atoms with Crippen molar-refractivity contribution in [2.75, 3.05) is 12.2 Å². The van der Waals surface area contributed by atoms with Crippen LogP contribution in [0, 0.1) is 0 Å². The van der Waals surface area contributed by atoms with E-state index in [0.717, 1.165) is 5.69 Å². The van der Waals surface area contributed by atoms with E-state index >= 15 is 0 Å². The van der Waals surface area contributed by atoms with E-state index in [1.165, 1.54) is 12.2 Å². The number of anilines is 1. The summed E-state index contributed by atoms with van der Waals surface area (Å²) in [6, 6.07) is 9.03. The Labute approximate surface area is 77.9 Å². The minimum atomic E-state index is -0.396. The molecule has 0 aliphatic rings. The first-order valence-electron chi connectivity index (χ1n) is 4.05. The average molecular weight is 178 g/mol. The van der Waals surface area contributed by atoms with Crippen LogP contribution in [0.4, 0.5) is 5.69 Å². The second kappa shape index (κ2) is 4.62. The maximum absolute atomic E-state index is 10.4. The first-order chi connectivity index (χ1) is 6.29. The molecule has 0 saturated carbocycles. The summed E-state index contributed by atoms with van der Waals surface area (Å²) in [5.74, 6) is 0. The van der Waals surface area contributed by atoms with Crippen LogP contribution in [0.25, 0.3) is 0 Å². The van der Waals surface area contributed by atoms with Gasteiger partial charge < -0.3 is 0 Å². The van der Waals surface area contributed by atoms with Crippen molar-refractivity contribution < 1.29 is 9.63 Å². The number of rotatable bonds is 4. The van der Waals surface area contributed by atoms with Gasteiger partial charge in [0.1, 0.15) is 6.04 Å². The average Bonchev–Trinajstić information content (AvgIpc) is 2.20. The topological polar surface area (TPSA) is 29.5 Å². The Bertz CT molecular complexity index is 261. The van der Waals surface area contributed by atoms with Crippen molar-refractivity contribution in [3.8, 4) is 0 Å². The van der Waals surface area contributed by atoms with Gasteiger partial charge in [-0.2, -0.15) is 0 Å². The molecule has 0 bridgehead atoms. The van der Waals surface area contributed by atoms with Crippen LogP contribution < -0.4 is 5.06 Å². The molecule has 0 aliphatic heterocycles. The molecule has 1 rings (SSSR count). The number of carbonyl (C=O) groups excluding carboxylic acids is 1. The van der Waals surface area contributed by atoms with E-state index in [4.69, 9.17) is 4.84 Å². The normalized spacial score (nSPS) is 12.2. The van der Waals surface area contributed by atoms with Crippen LogP contribution in [0.15, 0.2) is 30.3 Å². The minimum Gasteiger partial charge on any atom is -0.288 e. The van der Waals surface area contributed by atoms with Gasteiger partial charge in [0.15, 0.2) is 0 Å². The molecule has 1 radical (unpaired) electrons. The Balaban J connectivity index is 2.84. The zero-order valence-electron chi connectivity index (χ0n) is 7.73. The van der Waals surface area contributed by atoms with E-state index in [1.807, 2.05) is 36.6 Å². The van der Waals surface area contributed by atoms with E-state index in [1.54, 1.807) is 6.92 Å². The predicted octanol–water partition coefficient (Wildman–Crippen LogP) is 1.55. The van der Waals surface area contributed by atoms with Crippen molar-refractivity contribution in [2.24, 2.45) is 0 Å². The number of hydrogen-bond donors (Lipinski definition) is 0. The van der Waals surface area contributed by atoms with Crippen LogP contribution in [0.2, 0.25) is 0 Å². The maximum atomic E-state index is 10.4. The van der Waals surface area contributed by atoms with E-state index < -0.39 is 6.04 Å². The second-order valence-electron chi connectivity index (χ2n) is 2.64. The van der Waals surface area contributed by atoms with E-state index in [-0.39, 0.29) is 0 Å².